The minimum absolute atomic E-state index is 0.0527. The molecule has 1 saturated heterocycles. The van der Waals surface area contributed by atoms with Crippen molar-refractivity contribution in [3.63, 3.8) is 0 Å². The van der Waals surface area contributed by atoms with Crippen LogP contribution >= 0.6 is 11.6 Å². The Hall–Kier alpha value is -4.17. The molecule has 1 unspecified atom stereocenters. The summed E-state index contributed by atoms with van der Waals surface area (Å²) in [5, 5.41) is 11.8. The number of hydrogen-bond acceptors (Lipinski definition) is 7. The topological polar surface area (TPSA) is 88.5 Å². The molecule has 1 fully saturated rings. The van der Waals surface area contributed by atoms with E-state index in [1.165, 1.54) is 31.3 Å². The van der Waals surface area contributed by atoms with Crippen LogP contribution < -0.4 is 19.1 Å². The Morgan fingerprint density at radius 2 is 1.62 bits per heavy atom. The van der Waals surface area contributed by atoms with Gasteiger partial charge in [0.1, 0.15) is 23.0 Å². The molecule has 1 N–H and O–H groups in total. The lowest BCUT2D eigenvalue weighted by atomic mass is 9.94. The van der Waals surface area contributed by atoms with Crippen LogP contribution in [-0.4, -0.2) is 56.6 Å². The third kappa shape index (κ3) is 5.52. The molecule has 1 aliphatic heterocycles. The molecule has 0 aromatic heterocycles. The van der Waals surface area contributed by atoms with Crippen molar-refractivity contribution in [1.82, 2.24) is 4.90 Å². The summed E-state index contributed by atoms with van der Waals surface area (Å²) in [5.41, 5.74) is 2.55. The van der Waals surface area contributed by atoms with Crippen molar-refractivity contribution >= 4 is 34.7 Å². The summed E-state index contributed by atoms with van der Waals surface area (Å²) in [6.07, 6.45) is 0. The predicted molar refractivity (Wildman–Crippen MR) is 151 cm³/mol. The van der Waals surface area contributed by atoms with E-state index in [4.69, 9.17) is 25.8 Å². The standard InChI is InChI=1S/C30H31ClN2O6/c1-6-39-21-13-7-18(8-14-21)17-33-27(19-9-11-20(12-10-19)32(2)3)26(29(35)30(33)36)28(34)22-15-23(31)25(38-5)16-24(22)37-4/h7-16,27,34H,6,17H2,1-5H3/b28-26+. The van der Waals surface area contributed by atoms with E-state index < -0.39 is 17.7 Å². The van der Waals surface area contributed by atoms with E-state index in [0.717, 1.165) is 11.3 Å². The molecule has 1 heterocycles. The van der Waals surface area contributed by atoms with Gasteiger partial charge in [-0.05, 0) is 48.4 Å². The molecule has 204 valence electrons. The van der Waals surface area contributed by atoms with Crippen molar-refractivity contribution in [2.75, 3.05) is 39.8 Å². The van der Waals surface area contributed by atoms with E-state index in [9.17, 15) is 14.7 Å². The lowest BCUT2D eigenvalue weighted by Gasteiger charge is -2.26. The molecule has 3 aromatic carbocycles. The number of amides is 1. The van der Waals surface area contributed by atoms with Crippen molar-refractivity contribution < 1.29 is 28.9 Å². The van der Waals surface area contributed by atoms with Crippen LogP contribution in [0.25, 0.3) is 5.76 Å². The number of likely N-dealkylation sites (tertiary alicyclic amines) is 1. The van der Waals surface area contributed by atoms with Crippen molar-refractivity contribution in [1.29, 1.82) is 0 Å². The lowest BCUT2D eigenvalue weighted by Crippen LogP contribution is -2.29. The molecule has 0 radical (unpaired) electrons. The number of ketones is 1. The molecule has 39 heavy (non-hydrogen) atoms. The van der Waals surface area contributed by atoms with Crippen molar-refractivity contribution in [2.45, 2.75) is 19.5 Å². The largest absolute Gasteiger partial charge is 0.507 e. The first-order valence-corrected chi connectivity index (χ1v) is 12.8. The van der Waals surface area contributed by atoms with Crippen LogP contribution in [0.15, 0.2) is 66.2 Å². The van der Waals surface area contributed by atoms with Gasteiger partial charge in [0.15, 0.2) is 0 Å². The normalized spacial score (nSPS) is 16.4. The number of rotatable bonds is 9. The van der Waals surface area contributed by atoms with Gasteiger partial charge in [0.25, 0.3) is 11.7 Å². The number of anilines is 1. The van der Waals surface area contributed by atoms with Crippen LogP contribution in [0, 0.1) is 0 Å². The number of nitrogens with zero attached hydrogens (tertiary/aromatic N) is 2. The summed E-state index contributed by atoms with van der Waals surface area (Å²) in [7, 11) is 6.74. The van der Waals surface area contributed by atoms with E-state index in [1.54, 1.807) is 0 Å². The molecular weight excluding hydrogens is 520 g/mol. The Morgan fingerprint density at radius 1 is 0.974 bits per heavy atom. The fourth-order valence-corrected chi connectivity index (χ4v) is 4.83. The number of Topliss-reactive ketones (excluding diaryl/α,β-unsaturated/α-hetero) is 1. The van der Waals surface area contributed by atoms with Gasteiger partial charge < -0.3 is 29.1 Å². The first-order valence-electron chi connectivity index (χ1n) is 12.4. The third-order valence-corrected chi connectivity index (χ3v) is 6.88. The van der Waals surface area contributed by atoms with Gasteiger partial charge in [-0.2, -0.15) is 0 Å². The maximum atomic E-state index is 13.5. The van der Waals surface area contributed by atoms with Gasteiger partial charge in [-0.1, -0.05) is 35.9 Å². The average molecular weight is 551 g/mol. The second-order valence-electron chi connectivity index (χ2n) is 9.18. The highest BCUT2D eigenvalue weighted by atomic mass is 35.5. The highest BCUT2D eigenvalue weighted by Gasteiger charge is 2.46. The molecule has 0 spiro atoms. The summed E-state index contributed by atoms with van der Waals surface area (Å²) < 4.78 is 16.2. The van der Waals surface area contributed by atoms with Gasteiger partial charge >= 0.3 is 0 Å². The van der Waals surface area contributed by atoms with E-state index in [1.807, 2.05) is 74.4 Å². The zero-order chi connectivity index (χ0) is 28.3. The summed E-state index contributed by atoms with van der Waals surface area (Å²) in [6.45, 7) is 2.59. The molecule has 1 amide bonds. The Balaban J connectivity index is 1.86. The van der Waals surface area contributed by atoms with Crippen LogP contribution in [0.5, 0.6) is 17.2 Å². The summed E-state index contributed by atoms with van der Waals surface area (Å²) >= 11 is 6.35. The second kappa shape index (κ2) is 11.7. The summed E-state index contributed by atoms with van der Waals surface area (Å²) in [4.78, 5) is 30.3. The zero-order valence-electron chi connectivity index (χ0n) is 22.5. The second-order valence-corrected chi connectivity index (χ2v) is 9.58. The Kier molecular flexibility index (Phi) is 8.35. The Labute approximate surface area is 233 Å². The third-order valence-electron chi connectivity index (χ3n) is 6.58. The molecule has 3 aromatic rings. The SMILES string of the molecule is CCOc1ccc(CN2C(=O)C(=O)/C(=C(/O)c3cc(Cl)c(OC)cc3OC)C2c2ccc(N(C)C)cc2)cc1. The Morgan fingerprint density at radius 3 is 2.18 bits per heavy atom. The van der Waals surface area contributed by atoms with Crippen molar-refractivity contribution in [3.05, 3.63) is 87.9 Å². The quantitative estimate of drug-likeness (QED) is 0.215. The molecular formula is C30H31ClN2O6. The fourth-order valence-electron chi connectivity index (χ4n) is 4.59. The molecule has 0 aliphatic carbocycles. The van der Waals surface area contributed by atoms with E-state index in [0.29, 0.717) is 23.7 Å². The van der Waals surface area contributed by atoms with E-state index in [2.05, 4.69) is 0 Å². The van der Waals surface area contributed by atoms with E-state index >= 15 is 0 Å². The highest BCUT2D eigenvalue weighted by Crippen LogP contribution is 2.43. The zero-order valence-corrected chi connectivity index (χ0v) is 23.3. The fraction of sp³-hybridized carbons (Fsp3) is 0.267. The maximum absolute atomic E-state index is 13.5. The van der Waals surface area contributed by atoms with Crippen LogP contribution in [0.4, 0.5) is 5.69 Å². The minimum Gasteiger partial charge on any atom is -0.507 e. The smallest absolute Gasteiger partial charge is 0.295 e. The van der Waals surface area contributed by atoms with Crippen LogP contribution in [0.1, 0.15) is 29.7 Å². The van der Waals surface area contributed by atoms with Crippen LogP contribution in [0.3, 0.4) is 0 Å². The van der Waals surface area contributed by atoms with Crippen molar-refractivity contribution in [2.24, 2.45) is 0 Å². The first-order chi connectivity index (χ1) is 18.7. The first kappa shape index (κ1) is 27.9. The van der Waals surface area contributed by atoms with Gasteiger partial charge in [-0.3, -0.25) is 9.59 Å². The van der Waals surface area contributed by atoms with Gasteiger partial charge in [-0.15, -0.1) is 0 Å². The lowest BCUT2D eigenvalue weighted by molar-refractivity contribution is -0.140. The predicted octanol–water partition coefficient (Wildman–Crippen LogP) is 5.44. The molecule has 0 bridgehead atoms. The minimum atomic E-state index is -0.849. The maximum Gasteiger partial charge on any atom is 0.295 e. The van der Waals surface area contributed by atoms with Gasteiger partial charge in [0.05, 0.1) is 43.0 Å². The molecule has 8 nitrogen and oxygen atoms in total. The summed E-state index contributed by atoms with van der Waals surface area (Å²) in [5.74, 6) is -0.599. The number of benzene rings is 3. The molecule has 9 heteroatoms. The molecule has 4 rings (SSSR count). The number of aliphatic hydroxyl groups is 1. The Bertz CT molecular complexity index is 1400. The summed E-state index contributed by atoms with van der Waals surface area (Å²) in [6, 6.07) is 17.0. The van der Waals surface area contributed by atoms with Gasteiger partial charge in [0, 0.05) is 32.4 Å². The monoisotopic (exact) mass is 550 g/mol. The van der Waals surface area contributed by atoms with Crippen molar-refractivity contribution in [3.8, 4) is 17.2 Å². The molecule has 1 aliphatic rings. The van der Waals surface area contributed by atoms with Gasteiger partial charge in [-0.25, -0.2) is 0 Å². The molecule has 0 saturated carbocycles. The number of halogens is 1. The highest BCUT2D eigenvalue weighted by molar-refractivity contribution is 6.46. The number of carbonyl (C=O) groups excluding carboxylic acids is 2. The average Bonchev–Trinajstić information content (AvgIpc) is 3.18. The van der Waals surface area contributed by atoms with Crippen LogP contribution in [0.2, 0.25) is 5.02 Å². The van der Waals surface area contributed by atoms with Crippen LogP contribution in [-0.2, 0) is 16.1 Å². The number of carbonyl (C=O) groups is 2. The molecule has 1 atom stereocenters. The number of methoxy groups -OCH3 is 2. The number of aliphatic hydroxyl groups excluding tert-OH is 1. The van der Waals surface area contributed by atoms with E-state index in [-0.39, 0.29) is 34.2 Å². The number of hydrogen-bond donors (Lipinski definition) is 1. The number of ether oxygens (including phenoxy) is 3. The van der Waals surface area contributed by atoms with Gasteiger partial charge in [0.2, 0.25) is 0 Å².